The minimum absolute atomic E-state index is 0.195. The van der Waals surface area contributed by atoms with Crippen molar-refractivity contribution in [2.24, 2.45) is 10.9 Å². The van der Waals surface area contributed by atoms with Gasteiger partial charge in [-0.05, 0) is 19.8 Å². The van der Waals surface area contributed by atoms with E-state index in [0.29, 0.717) is 17.2 Å². The third-order valence-corrected chi connectivity index (χ3v) is 2.26. The van der Waals surface area contributed by atoms with E-state index in [1.165, 1.54) is 7.11 Å². The average Bonchev–Trinajstić information content (AvgIpc) is 2.99. The van der Waals surface area contributed by atoms with E-state index >= 15 is 0 Å². The minimum Gasteiger partial charge on any atom is -0.465 e. The van der Waals surface area contributed by atoms with Gasteiger partial charge in [0.15, 0.2) is 0 Å². The molecule has 0 heterocycles. The van der Waals surface area contributed by atoms with E-state index in [4.69, 9.17) is 11.6 Å². The largest absolute Gasteiger partial charge is 0.465 e. The highest BCUT2D eigenvalue weighted by Gasteiger charge is 2.32. The van der Waals surface area contributed by atoms with Gasteiger partial charge in [0, 0.05) is 5.92 Å². The molecule has 1 aliphatic carbocycles. The molecule has 0 saturated heterocycles. The Morgan fingerprint density at radius 3 is 2.53 bits per heavy atom. The monoisotopic (exact) mass is 227 g/mol. The smallest absolute Gasteiger partial charge is 0.339 e. The van der Waals surface area contributed by atoms with Gasteiger partial charge in [-0.25, -0.2) is 9.79 Å². The van der Waals surface area contributed by atoms with Gasteiger partial charge in [-0.3, -0.25) is 0 Å². The van der Waals surface area contributed by atoms with Crippen molar-refractivity contribution in [3.63, 3.8) is 0 Å². The zero-order chi connectivity index (χ0) is 11.4. The Bertz CT molecular complexity index is 340. The second kappa shape index (κ2) is 5.12. The first-order valence-corrected chi connectivity index (χ1v) is 5.16. The molecule has 0 radical (unpaired) electrons. The lowest BCUT2D eigenvalue weighted by molar-refractivity contribution is -0.135. The maximum atomic E-state index is 11.5. The molecule has 0 spiro atoms. The Labute approximate surface area is 94.5 Å². The molecule has 0 aliphatic heterocycles. The third kappa shape index (κ3) is 3.20. The lowest BCUT2D eigenvalue weighted by Gasteiger charge is -2.07. The van der Waals surface area contributed by atoms with Gasteiger partial charge in [0.05, 0.1) is 18.4 Å². The zero-order valence-electron chi connectivity index (χ0n) is 8.92. The number of methoxy groups -OCH3 is 1. The van der Waals surface area contributed by atoms with Crippen LogP contribution in [-0.4, -0.2) is 18.8 Å². The standard InChI is InChI=1S/C11H14ClNO2/c1-4-9(11(14)15-3)10(8-5-6-8)13-7(2)12/h4,8H,2,5-6H2,1,3H3/b9-4+,13-10?. The predicted octanol–water partition coefficient (Wildman–Crippen LogP) is 2.67. The highest BCUT2D eigenvalue weighted by molar-refractivity contribution is 6.31. The zero-order valence-corrected chi connectivity index (χ0v) is 9.67. The van der Waals surface area contributed by atoms with Crippen molar-refractivity contribution in [3.05, 3.63) is 23.4 Å². The topological polar surface area (TPSA) is 38.7 Å². The van der Waals surface area contributed by atoms with Crippen LogP contribution in [0.5, 0.6) is 0 Å². The minimum atomic E-state index is -0.374. The van der Waals surface area contributed by atoms with E-state index in [9.17, 15) is 4.79 Å². The summed E-state index contributed by atoms with van der Waals surface area (Å²) in [5.74, 6) is -0.0492. The number of esters is 1. The predicted molar refractivity (Wildman–Crippen MR) is 60.9 cm³/mol. The number of nitrogens with zero attached hydrogens (tertiary/aromatic N) is 1. The molecular weight excluding hydrogens is 214 g/mol. The highest BCUT2D eigenvalue weighted by Crippen LogP contribution is 2.34. The van der Waals surface area contributed by atoms with Crippen molar-refractivity contribution >= 4 is 23.3 Å². The number of carbonyl (C=O) groups excluding carboxylic acids is 1. The van der Waals surface area contributed by atoms with Crippen molar-refractivity contribution < 1.29 is 9.53 Å². The molecule has 0 bridgehead atoms. The van der Waals surface area contributed by atoms with Crippen LogP contribution in [0.15, 0.2) is 28.4 Å². The Balaban J connectivity index is 2.97. The summed E-state index contributed by atoms with van der Waals surface area (Å²) in [4.78, 5) is 15.6. The van der Waals surface area contributed by atoms with Gasteiger partial charge in [-0.15, -0.1) is 0 Å². The summed E-state index contributed by atoms with van der Waals surface area (Å²) in [5.41, 5.74) is 1.19. The van der Waals surface area contributed by atoms with Gasteiger partial charge >= 0.3 is 5.97 Å². The Morgan fingerprint density at radius 2 is 2.20 bits per heavy atom. The first-order valence-electron chi connectivity index (χ1n) is 4.78. The summed E-state index contributed by atoms with van der Waals surface area (Å²) in [6.07, 6.45) is 3.78. The fourth-order valence-corrected chi connectivity index (χ4v) is 1.43. The summed E-state index contributed by atoms with van der Waals surface area (Å²) in [5, 5.41) is 0.195. The van der Waals surface area contributed by atoms with Crippen molar-refractivity contribution in [1.29, 1.82) is 0 Å². The quantitative estimate of drug-likeness (QED) is 0.321. The van der Waals surface area contributed by atoms with Gasteiger partial charge in [-0.2, -0.15) is 0 Å². The number of rotatable bonds is 4. The molecule has 82 valence electrons. The molecule has 0 aromatic rings. The van der Waals surface area contributed by atoms with Crippen molar-refractivity contribution in [1.82, 2.24) is 0 Å². The number of allylic oxidation sites excluding steroid dienone is 1. The normalized spacial score (nSPS) is 17.5. The van der Waals surface area contributed by atoms with Crippen LogP contribution in [-0.2, 0) is 9.53 Å². The van der Waals surface area contributed by atoms with E-state index in [0.717, 1.165) is 12.8 Å². The summed E-state index contributed by atoms with van der Waals surface area (Å²) in [6, 6.07) is 0. The lowest BCUT2D eigenvalue weighted by Crippen LogP contribution is -2.16. The van der Waals surface area contributed by atoms with Gasteiger partial charge in [-0.1, -0.05) is 24.3 Å². The summed E-state index contributed by atoms with van der Waals surface area (Å²) in [6.45, 7) is 5.28. The SMILES string of the molecule is C=C(Cl)N=C(/C(=C\C)C(=O)OC)C1CC1. The van der Waals surface area contributed by atoms with Gasteiger partial charge < -0.3 is 4.74 Å². The van der Waals surface area contributed by atoms with Crippen LogP contribution in [0.2, 0.25) is 0 Å². The first kappa shape index (κ1) is 12.0. The number of hydrogen-bond donors (Lipinski definition) is 0. The fourth-order valence-electron chi connectivity index (χ4n) is 1.34. The Kier molecular flexibility index (Phi) is 4.09. The average molecular weight is 228 g/mol. The van der Waals surface area contributed by atoms with E-state index in [1.54, 1.807) is 13.0 Å². The van der Waals surface area contributed by atoms with Crippen LogP contribution in [0.3, 0.4) is 0 Å². The maximum absolute atomic E-state index is 11.5. The second-order valence-electron chi connectivity index (χ2n) is 3.34. The molecule has 1 rings (SSSR count). The highest BCUT2D eigenvalue weighted by atomic mass is 35.5. The Morgan fingerprint density at radius 1 is 1.60 bits per heavy atom. The van der Waals surface area contributed by atoms with E-state index in [2.05, 4.69) is 16.3 Å². The summed E-state index contributed by atoms with van der Waals surface area (Å²) in [7, 11) is 1.35. The number of ether oxygens (including phenoxy) is 1. The van der Waals surface area contributed by atoms with Crippen LogP contribution < -0.4 is 0 Å². The molecule has 0 aromatic heterocycles. The van der Waals surface area contributed by atoms with Gasteiger partial charge in [0.1, 0.15) is 5.16 Å². The van der Waals surface area contributed by atoms with E-state index in [1.807, 2.05) is 0 Å². The molecule has 0 amide bonds. The fraction of sp³-hybridized carbons (Fsp3) is 0.455. The Hall–Kier alpha value is -1.09. The van der Waals surface area contributed by atoms with E-state index in [-0.39, 0.29) is 11.1 Å². The molecule has 4 heteroatoms. The van der Waals surface area contributed by atoms with Crippen molar-refractivity contribution in [2.45, 2.75) is 19.8 Å². The molecule has 3 nitrogen and oxygen atoms in total. The molecule has 0 atom stereocenters. The second-order valence-corrected chi connectivity index (χ2v) is 3.78. The summed E-state index contributed by atoms with van der Waals surface area (Å²) < 4.78 is 4.68. The molecular formula is C11H14ClNO2. The molecule has 15 heavy (non-hydrogen) atoms. The van der Waals surface area contributed by atoms with E-state index < -0.39 is 0 Å². The summed E-state index contributed by atoms with van der Waals surface area (Å²) >= 11 is 5.63. The molecule has 1 saturated carbocycles. The van der Waals surface area contributed by atoms with Crippen molar-refractivity contribution in [3.8, 4) is 0 Å². The van der Waals surface area contributed by atoms with Crippen LogP contribution in [0.4, 0.5) is 0 Å². The molecule has 0 N–H and O–H groups in total. The first-order chi connectivity index (χ1) is 7.10. The van der Waals surface area contributed by atoms with Crippen LogP contribution in [0.25, 0.3) is 0 Å². The number of aliphatic imine (C=N–C) groups is 1. The van der Waals surface area contributed by atoms with Crippen molar-refractivity contribution in [2.75, 3.05) is 7.11 Å². The van der Waals surface area contributed by atoms with Gasteiger partial charge in [0.2, 0.25) is 0 Å². The molecule has 0 aromatic carbocycles. The number of halogens is 1. The lowest BCUT2D eigenvalue weighted by atomic mass is 10.1. The molecule has 1 aliphatic rings. The van der Waals surface area contributed by atoms with Crippen LogP contribution >= 0.6 is 11.6 Å². The van der Waals surface area contributed by atoms with Crippen LogP contribution in [0, 0.1) is 5.92 Å². The van der Waals surface area contributed by atoms with Crippen LogP contribution in [0.1, 0.15) is 19.8 Å². The number of hydrogen-bond acceptors (Lipinski definition) is 3. The third-order valence-electron chi connectivity index (χ3n) is 2.18. The molecule has 0 unspecified atom stereocenters. The number of carbonyl (C=O) groups is 1. The maximum Gasteiger partial charge on any atom is 0.339 e. The van der Waals surface area contributed by atoms with Gasteiger partial charge in [0.25, 0.3) is 0 Å². The molecule has 1 fully saturated rings.